The van der Waals surface area contributed by atoms with Gasteiger partial charge in [-0.25, -0.2) is 0 Å². The first-order chi connectivity index (χ1) is 9.21. The lowest BCUT2D eigenvalue weighted by Gasteiger charge is -2.41. The van der Waals surface area contributed by atoms with Gasteiger partial charge in [0.05, 0.1) is 19.3 Å². The SMILES string of the molecule is CCN1CCC(CO)(Nc2cccc(OC)c2)CC1. The lowest BCUT2D eigenvalue weighted by Crippen LogP contribution is -2.51. The number of hydrogen-bond donors (Lipinski definition) is 2. The van der Waals surface area contributed by atoms with E-state index >= 15 is 0 Å². The number of nitrogens with one attached hydrogen (secondary N) is 1. The molecule has 0 radical (unpaired) electrons. The standard InChI is InChI=1S/C15H24N2O2/c1-3-17-9-7-15(12-18,8-10-17)16-13-5-4-6-14(11-13)19-2/h4-6,11,16,18H,3,7-10,12H2,1-2H3. The van der Waals surface area contributed by atoms with Gasteiger partial charge in [-0.2, -0.15) is 0 Å². The van der Waals surface area contributed by atoms with Gasteiger partial charge in [-0.1, -0.05) is 13.0 Å². The number of rotatable bonds is 5. The van der Waals surface area contributed by atoms with Crippen LogP contribution in [0.2, 0.25) is 0 Å². The van der Waals surface area contributed by atoms with Gasteiger partial charge in [-0.15, -0.1) is 0 Å². The zero-order valence-electron chi connectivity index (χ0n) is 11.9. The van der Waals surface area contributed by atoms with E-state index in [9.17, 15) is 5.11 Å². The smallest absolute Gasteiger partial charge is 0.120 e. The average molecular weight is 264 g/mol. The van der Waals surface area contributed by atoms with Gasteiger partial charge in [0.2, 0.25) is 0 Å². The molecule has 0 amide bonds. The number of methoxy groups -OCH3 is 1. The number of nitrogens with zero attached hydrogens (tertiary/aromatic N) is 1. The number of ether oxygens (including phenoxy) is 1. The molecule has 0 unspecified atom stereocenters. The molecule has 1 fully saturated rings. The summed E-state index contributed by atoms with van der Waals surface area (Å²) in [5, 5.41) is 13.3. The minimum atomic E-state index is -0.196. The van der Waals surface area contributed by atoms with Crippen LogP contribution >= 0.6 is 0 Å². The normalized spacial score (nSPS) is 19.1. The zero-order chi connectivity index (χ0) is 13.7. The summed E-state index contributed by atoms with van der Waals surface area (Å²) in [6.07, 6.45) is 1.93. The Morgan fingerprint density at radius 2 is 2.11 bits per heavy atom. The van der Waals surface area contributed by atoms with Gasteiger partial charge >= 0.3 is 0 Å². The number of aliphatic hydroxyl groups excluding tert-OH is 1. The third kappa shape index (κ3) is 3.39. The fourth-order valence-corrected chi connectivity index (χ4v) is 2.63. The van der Waals surface area contributed by atoms with Crippen LogP contribution < -0.4 is 10.1 Å². The van der Waals surface area contributed by atoms with Crippen molar-refractivity contribution in [3.05, 3.63) is 24.3 Å². The first kappa shape index (κ1) is 14.2. The number of anilines is 1. The third-order valence-electron chi connectivity index (χ3n) is 4.04. The summed E-state index contributed by atoms with van der Waals surface area (Å²) in [6.45, 7) is 5.51. The monoisotopic (exact) mass is 264 g/mol. The Morgan fingerprint density at radius 3 is 2.68 bits per heavy atom. The number of benzene rings is 1. The van der Waals surface area contributed by atoms with Crippen LogP contribution in [0.4, 0.5) is 5.69 Å². The van der Waals surface area contributed by atoms with Gasteiger partial charge < -0.3 is 20.1 Å². The highest BCUT2D eigenvalue weighted by Crippen LogP contribution is 2.28. The molecule has 1 aromatic carbocycles. The summed E-state index contributed by atoms with van der Waals surface area (Å²) in [6, 6.07) is 7.89. The molecular formula is C15H24N2O2. The van der Waals surface area contributed by atoms with Crippen molar-refractivity contribution in [1.82, 2.24) is 4.90 Å². The topological polar surface area (TPSA) is 44.7 Å². The van der Waals surface area contributed by atoms with E-state index in [1.165, 1.54) is 0 Å². The van der Waals surface area contributed by atoms with Crippen LogP contribution in [-0.4, -0.2) is 48.9 Å². The largest absolute Gasteiger partial charge is 0.497 e. The van der Waals surface area contributed by atoms with E-state index < -0.39 is 0 Å². The van der Waals surface area contributed by atoms with E-state index in [1.54, 1.807) is 7.11 Å². The van der Waals surface area contributed by atoms with E-state index in [0.717, 1.165) is 43.9 Å². The second-order valence-corrected chi connectivity index (χ2v) is 5.23. The Kier molecular flexibility index (Phi) is 4.66. The molecule has 0 aromatic heterocycles. The molecule has 1 saturated heterocycles. The van der Waals surface area contributed by atoms with Gasteiger partial charge in [0, 0.05) is 24.8 Å². The molecule has 0 atom stereocenters. The van der Waals surface area contributed by atoms with Crippen molar-refractivity contribution in [2.24, 2.45) is 0 Å². The van der Waals surface area contributed by atoms with E-state index in [2.05, 4.69) is 17.1 Å². The predicted octanol–water partition coefficient (Wildman–Crippen LogP) is 1.95. The Bertz CT molecular complexity index is 401. The van der Waals surface area contributed by atoms with E-state index in [-0.39, 0.29) is 12.1 Å². The summed E-state index contributed by atoms with van der Waals surface area (Å²) in [5.74, 6) is 0.837. The van der Waals surface area contributed by atoms with Gasteiger partial charge in [0.25, 0.3) is 0 Å². The highest BCUT2D eigenvalue weighted by atomic mass is 16.5. The van der Waals surface area contributed by atoms with Crippen molar-refractivity contribution >= 4 is 5.69 Å². The Morgan fingerprint density at radius 1 is 1.37 bits per heavy atom. The second-order valence-electron chi connectivity index (χ2n) is 5.23. The lowest BCUT2D eigenvalue weighted by atomic mass is 9.88. The van der Waals surface area contributed by atoms with Crippen LogP contribution in [0.5, 0.6) is 5.75 Å². The quantitative estimate of drug-likeness (QED) is 0.853. The van der Waals surface area contributed by atoms with E-state index in [4.69, 9.17) is 4.74 Å². The first-order valence-electron chi connectivity index (χ1n) is 6.97. The highest BCUT2D eigenvalue weighted by Gasteiger charge is 2.33. The van der Waals surface area contributed by atoms with Crippen molar-refractivity contribution in [3.63, 3.8) is 0 Å². The molecule has 1 aliphatic heterocycles. The molecule has 1 aliphatic rings. The van der Waals surface area contributed by atoms with Crippen molar-refractivity contribution < 1.29 is 9.84 Å². The molecule has 2 rings (SSSR count). The van der Waals surface area contributed by atoms with Gasteiger partial charge in [-0.05, 0) is 31.5 Å². The summed E-state index contributed by atoms with van der Waals surface area (Å²) in [4.78, 5) is 2.42. The minimum Gasteiger partial charge on any atom is -0.497 e. The Hall–Kier alpha value is -1.26. The van der Waals surface area contributed by atoms with Crippen LogP contribution in [0.3, 0.4) is 0 Å². The van der Waals surface area contributed by atoms with Crippen LogP contribution in [0.25, 0.3) is 0 Å². The predicted molar refractivity (Wildman–Crippen MR) is 77.8 cm³/mol. The van der Waals surface area contributed by atoms with Gasteiger partial charge in [0.15, 0.2) is 0 Å². The molecular weight excluding hydrogens is 240 g/mol. The summed E-state index contributed by atoms with van der Waals surface area (Å²) < 4.78 is 5.23. The van der Waals surface area contributed by atoms with Crippen molar-refractivity contribution in [2.75, 3.05) is 38.7 Å². The third-order valence-corrected chi connectivity index (χ3v) is 4.04. The number of likely N-dealkylation sites (tertiary alicyclic amines) is 1. The van der Waals surface area contributed by atoms with Crippen LogP contribution in [0.1, 0.15) is 19.8 Å². The molecule has 1 heterocycles. The maximum absolute atomic E-state index is 9.78. The molecule has 106 valence electrons. The maximum Gasteiger partial charge on any atom is 0.120 e. The molecule has 2 N–H and O–H groups in total. The molecule has 4 nitrogen and oxygen atoms in total. The van der Waals surface area contributed by atoms with Crippen molar-refractivity contribution in [2.45, 2.75) is 25.3 Å². The van der Waals surface area contributed by atoms with Gasteiger partial charge in [0.1, 0.15) is 5.75 Å². The minimum absolute atomic E-state index is 0.168. The molecule has 4 heteroatoms. The van der Waals surface area contributed by atoms with Crippen LogP contribution in [0.15, 0.2) is 24.3 Å². The molecule has 0 saturated carbocycles. The first-order valence-corrected chi connectivity index (χ1v) is 6.97. The van der Waals surface area contributed by atoms with Gasteiger partial charge in [-0.3, -0.25) is 0 Å². The molecule has 0 bridgehead atoms. The average Bonchev–Trinajstić information content (AvgIpc) is 2.48. The van der Waals surface area contributed by atoms with Crippen molar-refractivity contribution in [1.29, 1.82) is 0 Å². The Labute approximate surface area is 115 Å². The number of aliphatic hydroxyl groups is 1. The summed E-state index contributed by atoms with van der Waals surface area (Å²) >= 11 is 0. The zero-order valence-corrected chi connectivity index (χ0v) is 11.9. The Balaban J connectivity index is 2.06. The van der Waals surface area contributed by atoms with E-state index in [1.807, 2.05) is 24.3 Å². The summed E-state index contributed by atoms with van der Waals surface area (Å²) in [7, 11) is 1.67. The molecule has 0 aliphatic carbocycles. The fourth-order valence-electron chi connectivity index (χ4n) is 2.63. The lowest BCUT2D eigenvalue weighted by molar-refractivity contribution is 0.122. The van der Waals surface area contributed by atoms with Crippen molar-refractivity contribution in [3.8, 4) is 5.75 Å². The molecule has 1 aromatic rings. The fraction of sp³-hybridized carbons (Fsp3) is 0.600. The number of hydrogen-bond acceptors (Lipinski definition) is 4. The maximum atomic E-state index is 9.78. The van der Waals surface area contributed by atoms with Crippen LogP contribution in [-0.2, 0) is 0 Å². The highest BCUT2D eigenvalue weighted by molar-refractivity contribution is 5.50. The summed E-state index contributed by atoms with van der Waals surface area (Å²) in [5.41, 5.74) is 0.816. The van der Waals surface area contributed by atoms with E-state index in [0.29, 0.717) is 0 Å². The second kappa shape index (κ2) is 6.26. The van der Waals surface area contributed by atoms with Crippen LogP contribution in [0, 0.1) is 0 Å². The molecule has 0 spiro atoms. The molecule has 19 heavy (non-hydrogen) atoms. The number of piperidine rings is 1.